The molecule has 3 rings (SSSR count). The molecular formula is C19H20ClNO2. The zero-order chi connectivity index (χ0) is 16.1. The number of hydrogen-bond donors (Lipinski definition) is 1. The highest BCUT2D eigenvalue weighted by molar-refractivity contribution is 6.30. The quantitative estimate of drug-likeness (QED) is 0.649. The molecule has 2 aromatic carbocycles. The Morgan fingerprint density at radius 1 is 1.13 bits per heavy atom. The SMILES string of the molecule is O=C(NCCOc1ccc2c(c1)CCC2)C(Cl)c1ccccc1. The number of aryl methyl sites for hydroxylation is 2. The van der Waals surface area contributed by atoms with Crippen LogP contribution in [0.5, 0.6) is 5.75 Å². The van der Waals surface area contributed by atoms with Gasteiger partial charge < -0.3 is 10.1 Å². The highest BCUT2D eigenvalue weighted by atomic mass is 35.5. The van der Waals surface area contributed by atoms with Gasteiger partial charge in [-0.3, -0.25) is 4.79 Å². The number of hydrogen-bond acceptors (Lipinski definition) is 2. The minimum Gasteiger partial charge on any atom is -0.492 e. The number of nitrogens with one attached hydrogen (secondary N) is 1. The van der Waals surface area contributed by atoms with Crippen molar-refractivity contribution in [3.8, 4) is 5.75 Å². The molecule has 0 radical (unpaired) electrons. The van der Waals surface area contributed by atoms with E-state index in [1.165, 1.54) is 24.0 Å². The third kappa shape index (κ3) is 4.05. The van der Waals surface area contributed by atoms with Gasteiger partial charge in [0.2, 0.25) is 5.91 Å². The molecule has 0 aromatic heterocycles. The molecule has 0 saturated carbocycles. The zero-order valence-corrected chi connectivity index (χ0v) is 13.7. The van der Waals surface area contributed by atoms with Crippen molar-refractivity contribution in [1.82, 2.24) is 5.32 Å². The summed E-state index contributed by atoms with van der Waals surface area (Å²) in [6.07, 6.45) is 3.53. The predicted octanol–water partition coefficient (Wildman–Crippen LogP) is 3.65. The summed E-state index contributed by atoms with van der Waals surface area (Å²) in [5, 5.41) is 2.14. The molecule has 1 unspecified atom stereocenters. The van der Waals surface area contributed by atoms with Crippen molar-refractivity contribution in [2.75, 3.05) is 13.2 Å². The first-order valence-electron chi connectivity index (χ1n) is 7.95. The molecule has 2 aromatic rings. The first kappa shape index (κ1) is 15.9. The van der Waals surface area contributed by atoms with Crippen molar-refractivity contribution < 1.29 is 9.53 Å². The Bertz CT molecular complexity index is 672. The molecule has 4 heteroatoms. The van der Waals surface area contributed by atoms with Crippen LogP contribution in [0.3, 0.4) is 0 Å². The second-order valence-electron chi connectivity index (χ2n) is 5.70. The predicted molar refractivity (Wildman–Crippen MR) is 92.0 cm³/mol. The molecule has 0 heterocycles. The summed E-state index contributed by atoms with van der Waals surface area (Å²) in [6.45, 7) is 0.870. The van der Waals surface area contributed by atoms with Crippen LogP contribution in [0.25, 0.3) is 0 Å². The average Bonchev–Trinajstić information content (AvgIpc) is 3.06. The summed E-state index contributed by atoms with van der Waals surface area (Å²) in [4.78, 5) is 12.0. The van der Waals surface area contributed by atoms with Crippen molar-refractivity contribution >= 4 is 17.5 Å². The number of benzene rings is 2. The third-order valence-corrected chi connectivity index (χ3v) is 4.51. The van der Waals surface area contributed by atoms with Crippen LogP contribution < -0.4 is 10.1 Å². The van der Waals surface area contributed by atoms with Gasteiger partial charge in [0.05, 0.1) is 6.54 Å². The molecule has 1 aliphatic carbocycles. The molecule has 3 nitrogen and oxygen atoms in total. The molecule has 1 N–H and O–H groups in total. The first-order chi connectivity index (χ1) is 11.2. The zero-order valence-electron chi connectivity index (χ0n) is 12.9. The van der Waals surface area contributed by atoms with Gasteiger partial charge in [0.25, 0.3) is 0 Å². The van der Waals surface area contributed by atoms with E-state index in [9.17, 15) is 4.79 Å². The van der Waals surface area contributed by atoms with E-state index in [1.807, 2.05) is 36.4 Å². The second kappa shape index (κ2) is 7.51. The van der Waals surface area contributed by atoms with E-state index in [0.717, 1.165) is 17.7 Å². The Morgan fingerprint density at radius 2 is 1.91 bits per heavy atom. The van der Waals surface area contributed by atoms with Gasteiger partial charge in [-0.05, 0) is 48.1 Å². The smallest absolute Gasteiger partial charge is 0.242 e. The summed E-state index contributed by atoms with van der Waals surface area (Å²) < 4.78 is 5.71. The summed E-state index contributed by atoms with van der Waals surface area (Å²) in [5.41, 5.74) is 3.61. The normalized spacial score (nSPS) is 14.1. The second-order valence-corrected chi connectivity index (χ2v) is 6.13. The molecular weight excluding hydrogens is 310 g/mol. The van der Waals surface area contributed by atoms with Gasteiger partial charge in [-0.25, -0.2) is 0 Å². The van der Waals surface area contributed by atoms with Gasteiger partial charge >= 0.3 is 0 Å². The maximum atomic E-state index is 12.0. The standard InChI is InChI=1S/C19H20ClNO2/c20-18(15-5-2-1-3-6-15)19(22)21-11-12-23-17-10-9-14-7-4-8-16(14)13-17/h1-3,5-6,9-10,13,18H,4,7-8,11-12H2,(H,21,22). The topological polar surface area (TPSA) is 38.3 Å². The average molecular weight is 330 g/mol. The van der Waals surface area contributed by atoms with Crippen LogP contribution in [0.15, 0.2) is 48.5 Å². The van der Waals surface area contributed by atoms with Gasteiger partial charge in [0, 0.05) is 0 Å². The summed E-state index contributed by atoms with van der Waals surface area (Å²) in [7, 11) is 0. The summed E-state index contributed by atoms with van der Waals surface area (Å²) in [5.74, 6) is 0.667. The van der Waals surface area contributed by atoms with Gasteiger partial charge in [0.1, 0.15) is 17.7 Å². The van der Waals surface area contributed by atoms with Crippen molar-refractivity contribution in [3.05, 3.63) is 65.2 Å². The molecule has 0 bridgehead atoms. The van der Waals surface area contributed by atoms with E-state index >= 15 is 0 Å². The number of rotatable bonds is 6. The minimum absolute atomic E-state index is 0.199. The van der Waals surface area contributed by atoms with Crippen LogP contribution in [-0.2, 0) is 17.6 Å². The third-order valence-electron chi connectivity index (χ3n) is 4.06. The largest absolute Gasteiger partial charge is 0.492 e. The Balaban J connectivity index is 1.44. The lowest BCUT2D eigenvalue weighted by atomic mass is 10.1. The highest BCUT2D eigenvalue weighted by Gasteiger charge is 2.16. The Labute approximate surface area is 141 Å². The molecule has 0 aliphatic heterocycles. The van der Waals surface area contributed by atoms with Gasteiger partial charge in [0.15, 0.2) is 0 Å². The number of fused-ring (bicyclic) bond motifs is 1. The number of carbonyl (C=O) groups is 1. The molecule has 120 valence electrons. The molecule has 0 saturated heterocycles. The van der Waals surface area contributed by atoms with Crippen molar-refractivity contribution in [1.29, 1.82) is 0 Å². The summed E-state index contributed by atoms with van der Waals surface area (Å²) >= 11 is 6.16. The molecule has 0 spiro atoms. The molecule has 23 heavy (non-hydrogen) atoms. The Hall–Kier alpha value is -2.00. The molecule has 1 amide bonds. The monoisotopic (exact) mass is 329 g/mol. The Morgan fingerprint density at radius 3 is 2.74 bits per heavy atom. The van der Waals surface area contributed by atoms with Crippen LogP contribution in [0, 0.1) is 0 Å². The van der Waals surface area contributed by atoms with Gasteiger partial charge in [-0.15, -0.1) is 11.6 Å². The van der Waals surface area contributed by atoms with E-state index in [4.69, 9.17) is 16.3 Å². The van der Waals surface area contributed by atoms with Gasteiger partial charge in [-0.1, -0.05) is 36.4 Å². The van der Waals surface area contributed by atoms with Crippen LogP contribution in [0.2, 0.25) is 0 Å². The van der Waals surface area contributed by atoms with E-state index in [1.54, 1.807) is 0 Å². The lowest BCUT2D eigenvalue weighted by Gasteiger charge is -2.12. The summed E-state index contributed by atoms with van der Waals surface area (Å²) in [6, 6.07) is 15.6. The van der Waals surface area contributed by atoms with E-state index in [-0.39, 0.29) is 5.91 Å². The number of carbonyl (C=O) groups excluding carboxylic acids is 1. The molecule has 1 aliphatic rings. The lowest BCUT2D eigenvalue weighted by Crippen LogP contribution is -2.30. The minimum atomic E-state index is -0.670. The number of halogens is 1. The van der Waals surface area contributed by atoms with E-state index in [2.05, 4.69) is 17.4 Å². The fourth-order valence-corrected chi connectivity index (χ4v) is 3.07. The van der Waals surface area contributed by atoms with Crippen LogP contribution in [0.1, 0.15) is 28.5 Å². The van der Waals surface area contributed by atoms with Crippen molar-refractivity contribution in [2.24, 2.45) is 0 Å². The lowest BCUT2D eigenvalue weighted by molar-refractivity contribution is -0.120. The van der Waals surface area contributed by atoms with Crippen LogP contribution in [0.4, 0.5) is 0 Å². The first-order valence-corrected chi connectivity index (χ1v) is 8.39. The molecule has 1 atom stereocenters. The fraction of sp³-hybridized carbons (Fsp3) is 0.316. The van der Waals surface area contributed by atoms with Crippen molar-refractivity contribution in [2.45, 2.75) is 24.6 Å². The highest BCUT2D eigenvalue weighted by Crippen LogP contribution is 2.26. The van der Waals surface area contributed by atoms with Gasteiger partial charge in [-0.2, -0.15) is 0 Å². The van der Waals surface area contributed by atoms with E-state index < -0.39 is 5.38 Å². The number of alkyl halides is 1. The number of amides is 1. The maximum absolute atomic E-state index is 12.0. The Kier molecular flexibility index (Phi) is 5.19. The molecule has 0 fully saturated rings. The van der Waals surface area contributed by atoms with E-state index in [0.29, 0.717) is 13.2 Å². The van der Waals surface area contributed by atoms with Crippen molar-refractivity contribution in [3.63, 3.8) is 0 Å². The van der Waals surface area contributed by atoms with Crippen LogP contribution >= 0.6 is 11.6 Å². The maximum Gasteiger partial charge on any atom is 0.242 e. The van der Waals surface area contributed by atoms with Crippen LogP contribution in [-0.4, -0.2) is 19.1 Å². The number of ether oxygens (including phenoxy) is 1. The fourth-order valence-electron chi connectivity index (χ4n) is 2.84.